The zero-order chi connectivity index (χ0) is 15.7. The number of hydrogen-bond donors (Lipinski definition) is 1. The summed E-state index contributed by atoms with van der Waals surface area (Å²) in [5.41, 5.74) is 5.66. The van der Waals surface area contributed by atoms with Gasteiger partial charge in [-0.3, -0.25) is 4.79 Å². The van der Waals surface area contributed by atoms with Crippen molar-refractivity contribution in [2.24, 2.45) is 0 Å². The van der Waals surface area contributed by atoms with Crippen LogP contribution in [-0.4, -0.2) is 11.1 Å². The Morgan fingerprint density at radius 3 is 2.00 bits per heavy atom. The highest BCUT2D eigenvalue weighted by Crippen LogP contribution is 2.42. The van der Waals surface area contributed by atoms with Gasteiger partial charge in [-0.2, -0.15) is 0 Å². The monoisotopic (exact) mass is 284 g/mol. The van der Waals surface area contributed by atoms with Crippen molar-refractivity contribution in [3.63, 3.8) is 0 Å². The van der Waals surface area contributed by atoms with Crippen molar-refractivity contribution >= 4 is 5.97 Å². The van der Waals surface area contributed by atoms with Crippen molar-refractivity contribution in [1.29, 1.82) is 0 Å². The lowest BCUT2D eigenvalue weighted by atomic mass is 9.90. The molecular formula is C18H20O3. The third-order valence-corrected chi connectivity index (χ3v) is 3.92. The summed E-state index contributed by atoms with van der Waals surface area (Å²) in [7, 11) is 0. The third kappa shape index (κ3) is 2.77. The van der Waals surface area contributed by atoms with Crippen LogP contribution in [0.1, 0.15) is 29.2 Å². The van der Waals surface area contributed by atoms with Crippen molar-refractivity contribution in [2.75, 3.05) is 0 Å². The number of benzene rings is 2. The Morgan fingerprint density at radius 2 is 1.43 bits per heavy atom. The minimum absolute atomic E-state index is 0.195. The number of carbonyl (C=O) groups is 1. The van der Waals surface area contributed by atoms with Crippen LogP contribution in [0.25, 0.3) is 11.1 Å². The molecule has 0 spiro atoms. The first-order valence-corrected chi connectivity index (χ1v) is 6.91. The Bertz CT molecular complexity index is 715. The van der Waals surface area contributed by atoms with Gasteiger partial charge in [-0.05, 0) is 62.1 Å². The topological polar surface area (TPSA) is 46.5 Å². The van der Waals surface area contributed by atoms with Crippen molar-refractivity contribution in [3.05, 3.63) is 46.5 Å². The molecule has 0 aliphatic rings. The van der Waals surface area contributed by atoms with Gasteiger partial charge in [0.05, 0.1) is 0 Å². The Labute approximate surface area is 125 Å². The minimum atomic E-state index is -0.371. The van der Waals surface area contributed by atoms with E-state index in [0.29, 0.717) is 5.75 Å². The molecule has 0 heterocycles. The molecule has 0 amide bonds. The normalized spacial score (nSPS) is 10.5. The van der Waals surface area contributed by atoms with Crippen LogP contribution in [0.3, 0.4) is 0 Å². The zero-order valence-electron chi connectivity index (χ0n) is 13.1. The van der Waals surface area contributed by atoms with E-state index < -0.39 is 0 Å². The molecule has 2 rings (SSSR count). The lowest BCUT2D eigenvalue weighted by Crippen LogP contribution is -2.05. The van der Waals surface area contributed by atoms with E-state index in [4.69, 9.17) is 4.74 Å². The highest BCUT2D eigenvalue weighted by Gasteiger charge is 2.19. The second-order valence-corrected chi connectivity index (χ2v) is 5.38. The molecule has 2 aromatic carbocycles. The van der Waals surface area contributed by atoms with E-state index in [1.54, 1.807) is 12.1 Å². The summed E-state index contributed by atoms with van der Waals surface area (Å²) in [6, 6.07) is 7.25. The molecule has 0 saturated heterocycles. The van der Waals surface area contributed by atoms with E-state index in [0.717, 1.165) is 33.4 Å². The predicted molar refractivity (Wildman–Crippen MR) is 83.8 cm³/mol. The first-order valence-electron chi connectivity index (χ1n) is 6.91. The molecule has 0 fully saturated rings. The smallest absolute Gasteiger partial charge is 0.308 e. The third-order valence-electron chi connectivity index (χ3n) is 3.92. The maximum absolute atomic E-state index is 11.3. The molecule has 3 heteroatoms. The van der Waals surface area contributed by atoms with Crippen LogP contribution < -0.4 is 4.74 Å². The van der Waals surface area contributed by atoms with E-state index in [2.05, 4.69) is 0 Å². The molecule has 1 N–H and O–H groups in total. The quantitative estimate of drug-likeness (QED) is 0.663. The first kappa shape index (κ1) is 15.1. The van der Waals surface area contributed by atoms with E-state index >= 15 is 0 Å². The standard InChI is InChI=1S/C18H20O3/c1-10-6-8-15(20)17(12(10)3)18-13(4)11(2)7-9-16(18)21-14(5)19/h6-9,20H,1-5H3. The average molecular weight is 284 g/mol. The molecule has 0 unspecified atom stereocenters. The van der Waals surface area contributed by atoms with E-state index in [-0.39, 0.29) is 11.7 Å². The van der Waals surface area contributed by atoms with Crippen LogP contribution in [0, 0.1) is 27.7 Å². The van der Waals surface area contributed by atoms with Gasteiger partial charge < -0.3 is 9.84 Å². The number of carbonyl (C=O) groups excluding carboxylic acids is 1. The molecule has 0 atom stereocenters. The molecular weight excluding hydrogens is 264 g/mol. The number of rotatable bonds is 2. The number of hydrogen-bond acceptors (Lipinski definition) is 3. The Kier molecular flexibility index (Phi) is 4.03. The number of esters is 1. The molecule has 0 aliphatic carbocycles. The largest absolute Gasteiger partial charge is 0.507 e. The maximum Gasteiger partial charge on any atom is 0.308 e. The van der Waals surface area contributed by atoms with Crippen molar-refractivity contribution in [3.8, 4) is 22.6 Å². The highest BCUT2D eigenvalue weighted by atomic mass is 16.5. The molecule has 0 bridgehead atoms. The molecule has 2 aromatic rings. The summed E-state index contributed by atoms with van der Waals surface area (Å²) in [6.07, 6.45) is 0. The summed E-state index contributed by atoms with van der Waals surface area (Å²) >= 11 is 0. The lowest BCUT2D eigenvalue weighted by molar-refractivity contribution is -0.131. The molecule has 0 saturated carbocycles. The summed E-state index contributed by atoms with van der Waals surface area (Å²) in [6.45, 7) is 9.30. The van der Waals surface area contributed by atoms with Gasteiger partial charge in [0.25, 0.3) is 0 Å². The van der Waals surface area contributed by atoms with E-state index in [9.17, 15) is 9.90 Å². The van der Waals surface area contributed by atoms with Crippen LogP contribution in [0.5, 0.6) is 11.5 Å². The van der Waals surface area contributed by atoms with E-state index in [1.807, 2.05) is 39.8 Å². The van der Waals surface area contributed by atoms with Crippen LogP contribution in [0.2, 0.25) is 0 Å². The Morgan fingerprint density at radius 1 is 0.905 bits per heavy atom. The van der Waals surface area contributed by atoms with Crippen LogP contribution >= 0.6 is 0 Å². The van der Waals surface area contributed by atoms with Crippen molar-refractivity contribution in [2.45, 2.75) is 34.6 Å². The van der Waals surface area contributed by atoms with Gasteiger partial charge in [0.15, 0.2) is 0 Å². The van der Waals surface area contributed by atoms with Gasteiger partial charge in [-0.15, -0.1) is 0 Å². The predicted octanol–water partition coefficient (Wildman–Crippen LogP) is 4.22. The average Bonchev–Trinajstić information content (AvgIpc) is 2.41. The number of phenolic OH excluding ortho intramolecular Hbond substituents is 1. The second-order valence-electron chi connectivity index (χ2n) is 5.38. The van der Waals surface area contributed by atoms with Crippen LogP contribution in [0.15, 0.2) is 24.3 Å². The Balaban J connectivity index is 2.82. The molecule has 21 heavy (non-hydrogen) atoms. The van der Waals surface area contributed by atoms with Gasteiger partial charge in [-0.25, -0.2) is 0 Å². The Hall–Kier alpha value is -2.29. The summed E-state index contributed by atoms with van der Waals surface area (Å²) in [4.78, 5) is 11.3. The van der Waals surface area contributed by atoms with Gasteiger partial charge in [-0.1, -0.05) is 12.1 Å². The molecule has 3 nitrogen and oxygen atoms in total. The molecule has 110 valence electrons. The number of aromatic hydroxyl groups is 1. The fraction of sp³-hybridized carbons (Fsp3) is 0.278. The lowest BCUT2D eigenvalue weighted by Gasteiger charge is -2.18. The summed E-state index contributed by atoms with van der Waals surface area (Å²) in [5, 5.41) is 10.3. The van der Waals surface area contributed by atoms with Gasteiger partial charge in [0.1, 0.15) is 11.5 Å². The summed E-state index contributed by atoms with van der Waals surface area (Å²) in [5.74, 6) is 0.305. The highest BCUT2D eigenvalue weighted by molar-refractivity contribution is 5.84. The number of aryl methyl sites for hydroxylation is 2. The van der Waals surface area contributed by atoms with Gasteiger partial charge in [0, 0.05) is 18.1 Å². The zero-order valence-corrected chi connectivity index (χ0v) is 13.1. The SMILES string of the molecule is CC(=O)Oc1ccc(C)c(C)c1-c1c(O)ccc(C)c1C. The van der Waals surface area contributed by atoms with Crippen molar-refractivity contribution in [1.82, 2.24) is 0 Å². The molecule has 0 radical (unpaired) electrons. The van der Waals surface area contributed by atoms with Gasteiger partial charge >= 0.3 is 5.97 Å². The number of ether oxygens (including phenoxy) is 1. The minimum Gasteiger partial charge on any atom is -0.507 e. The second kappa shape index (κ2) is 5.60. The van der Waals surface area contributed by atoms with Crippen molar-refractivity contribution < 1.29 is 14.6 Å². The van der Waals surface area contributed by atoms with Crippen LogP contribution in [-0.2, 0) is 4.79 Å². The fourth-order valence-corrected chi connectivity index (χ4v) is 2.46. The van der Waals surface area contributed by atoms with Gasteiger partial charge in [0.2, 0.25) is 0 Å². The maximum atomic E-state index is 11.3. The van der Waals surface area contributed by atoms with E-state index in [1.165, 1.54) is 6.92 Å². The van der Waals surface area contributed by atoms with Crippen LogP contribution in [0.4, 0.5) is 0 Å². The molecule has 0 aromatic heterocycles. The summed E-state index contributed by atoms with van der Waals surface area (Å²) < 4.78 is 5.34. The fourth-order valence-electron chi connectivity index (χ4n) is 2.46. The molecule has 0 aliphatic heterocycles. The first-order chi connectivity index (χ1) is 9.82. The number of phenols is 1.